The van der Waals surface area contributed by atoms with Crippen molar-refractivity contribution < 1.29 is 13.2 Å². The van der Waals surface area contributed by atoms with Crippen LogP contribution in [-0.4, -0.2) is 87.8 Å². The van der Waals surface area contributed by atoms with Crippen LogP contribution in [0.1, 0.15) is 18.4 Å². The largest absolute Gasteiger partial charge is 0.384 e. The minimum Gasteiger partial charge on any atom is -0.384 e. The van der Waals surface area contributed by atoms with Crippen molar-refractivity contribution in [2.75, 3.05) is 65.3 Å². The monoisotopic (exact) mass is 395 g/mol. The maximum atomic E-state index is 12.3. The molecule has 152 valence electrons. The molecule has 0 bridgehead atoms. The Morgan fingerprint density at radius 2 is 1.59 bits per heavy atom. The summed E-state index contributed by atoms with van der Waals surface area (Å²) >= 11 is 0. The zero-order valence-corrected chi connectivity index (χ0v) is 17.2. The molecule has 2 saturated heterocycles. The Bertz CT molecular complexity index is 652. The van der Waals surface area contributed by atoms with Crippen molar-refractivity contribution in [1.82, 2.24) is 14.1 Å². The Kier molecular flexibility index (Phi) is 7.66. The third-order valence-electron chi connectivity index (χ3n) is 5.74. The van der Waals surface area contributed by atoms with Crippen LogP contribution < -0.4 is 0 Å². The predicted octanol–water partition coefficient (Wildman–Crippen LogP) is 1.49. The van der Waals surface area contributed by atoms with Crippen molar-refractivity contribution in [2.45, 2.75) is 19.4 Å². The zero-order chi connectivity index (χ0) is 19.1. The van der Waals surface area contributed by atoms with Crippen LogP contribution >= 0.6 is 0 Å². The van der Waals surface area contributed by atoms with E-state index in [0.29, 0.717) is 19.0 Å². The van der Waals surface area contributed by atoms with Gasteiger partial charge in [0.1, 0.15) is 0 Å². The first-order valence-electron chi connectivity index (χ1n) is 10.0. The molecular weight excluding hydrogens is 362 g/mol. The lowest BCUT2D eigenvalue weighted by Crippen LogP contribution is -2.49. The molecule has 0 saturated carbocycles. The first-order chi connectivity index (χ1) is 13.1. The summed E-state index contributed by atoms with van der Waals surface area (Å²) in [6.45, 7) is 8.17. The van der Waals surface area contributed by atoms with E-state index in [0.717, 1.165) is 52.1 Å². The van der Waals surface area contributed by atoms with Crippen molar-refractivity contribution in [3.8, 4) is 0 Å². The average molecular weight is 396 g/mol. The number of hydrogen-bond donors (Lipinski definition) is 0. The van der Waals surface area contributed by atoms with Gasteiger partial charge in [-0.3, -0.25) is 4.90 Å². The number of sulfonamides is 1. The first kappa shape index (κ1) is 20.7. The molecule has 2 aliphatic rings. The summed E-state index contributed by atoms with van der Waals surface area (Å²) in [6, 6.07) is 10.7. The van der Waals surface area contributed by atoms with E-state index in [4.69, 9.17) is 4.74 Å². The Labute approximate surface area is 164 Å². The second-order valence-electron chi connectivity index (χ2n) is 7.71. The number of hydrogen-bond acceptors (Lipinski definition) is 5. The standard InChI is InChI=1S/C20H33N3O3S/c1-26-15-16-27(24,25)23-9-7-20(8-10-23)18-22-13-11-21(12-14-22)17-19-5-3-2-4-6-19/h2-6,20H,7-18H2,1H3. The highest BCUT2D eigenvalue weighted by Gasteiger charge is 2.29. The van der Waals surface area contributed by atoms with Crippen LogP contribution in [0.2, 0.25) is 0 Å². The number of piperazine rings is 1. The molecule has 0 unspecified atom stereocenters. The van der Waals surface area contributed by atoms with Crippen LogP contribution in [0.15, 0.2) is 30.3 Å². The third-order valence-corrected chi connectivity index (χ3v) is 7.58. The van der Waals surface area contributed by atoms with Gasteiger partial charge >= 0.3 is 0 Å². The smallest absolute Gasteiger partial charge is 0.216 e. The molecule has 2 fully saturated rings. The molecule has 0 atom stereocenters. The van der Waals surface area contributed by atoms with Gasteiger partial charge < -0.3 is 9.64 Å². The Hall–Kier alpha value is -0.990. The number of benzene rings is 1. The summed E-state index contributed by atoms with van der Waals surface area (Å²) in [4.78, 5) is 5.08. The maximum absolute atomic E-state index is 12.3. The second-order valence-corrected chi connectivity index (χ2v) is 9.80. The lowest BCUT2D eigenvalue weighted by molar-refractivity contribution is 0.102. The number of rotatable bonds is 8. The molecule has 0 aliphatic carbocycles. The fraction of sp³-hybridized carbons (Fsp3) is 0.700. The number of ether oxygens (including phenoxy) is 1. The average Bonchev–Trinajstić information content (AvgIpc) is 2.69. The molecule has 0 spiro atoms. The van der Waals surface area contributed by atoms with Crippen molar-refractivity contribution in [3.05, 3.63) is 35.9 Å². The Morgan fingerprint density at radius 3 is 2.22 bits per heavy atom. The predicted molar refractivity (Wildman–Crippen MR) is 108 cm³/mol. The van der Waals surface area contributed by atoms with Gasteiger partial charge in [-0.25, -0.2) is 12.7 Å². The van der Waals surface area contributed by atoms with Gasteiger partial charge in [-0.05, 0) is 24.3 Å². The summed E-state index contributed by atoms with van der Waals surface area (Å²) in [7, 11) is -1.61. The Balaban J connectivity index is 1.37. The molecule has 3 rings (SSSR count). The van der Waals surface area contributed by atoms with Gasteiger partial charge in [-0.15, -0.1) is 0 Å². The van der Waals surface area contributed by atoms with Gasteiger partial charge in [0.05, 0.1) is 12.4 Å². The van der Waals surface area contributed by atoms with E-state index in [1.165, 1.54) is 5.56 Å². The molecule has 2 heterocycles. The Morgan fingerprint density at radius 1 is 0.963 bits per heavy atom. The van der Waals surface area contributed by atoms with Gasteiger partial charge in [0.15, 0.2) is 0 Å². The minimum atomic E-state index is -3.15. The maximum Gasteiger partial charge on any atom is 0.216 e. The van der Waals surface area contributed by atoms with Gasteiger partial charge in [0.2, 0.25) is 10.0 Å². The summed E-state index contributed by atoms with van der Waals surface area (Å²) in [5, 5.41) is 0. The summed E-state index contributed by atoms with van der Waals surface area (Å²) in [6.07, 6.45) is 1.94. The van der Waals surface area contributed by atoms with Crippen molar-refractivity contribution >= 4 is 10.0 Å². The van der Waals surface area contributed by atoms with Crippen LogP contribution in [-0.2, 0) is 21.3 Å². The molecule has 6 nitrogen and oxygen atoms in total. The fourth-order valence-electron chi connectivity index (χ4n) is 4.02. The molecule has 0 radical (unpaired) electrons. The van der Waals surface area contributed by atoms with Crippen molar-refractivity contribution in [2.24, 2.45) is 5.92 Å². The highest BCUT2D eigenvalue weighted by molar-refractivity contribution is 7.89. The summed E-state index contributed by atoms with van der Waals surface area (Å²) in [5.74, 6) is 0.705. The van der Waals surface area contributed by atoms with Gasteiger partial charge in [-0.1, -0.05) is 30.3 Å². The first-order valence-corrected chi connectivity index (χ1v) is 11.6. The molecule has 0 amide bonds. The molecule has 2 aliphatic heterocycles. The normalized spacial score (nSPS) is 21.5. The molecule has 0 N–H and O–H groups in total. The van der Waals surface area contributed by atoms with Crippen molar-refractivity contribution in [1.29, 1.82) is 0 Å². The summed E-state index contributed by atoms with van der Waals surface area (Å²) in [5.41, 5.74) is 1.38. The summed E-state index contributed by atoms with van der Waals surface area (Å²) < 4.78 is 31.1. The molecule has 1 aromatic carbocycles. The van der Waals surface area contributed by atoms with Gasteiger partial charge in [0.25, 0.3) is 0 Å². The third kappa shape index (κ3) is 6.26. The fourth-order valence-corrected chi connectivity index (χ4v) is 5.43. The molecular formula is C20H33N3O3S. The molecule has 7 heteroatoms. The number of methoxy groups -OCH3 is 1. The van der Waals surface area contributed by atoms with E-state index < -0.39 is 10.0 Å². The van der Waals surface area contributed by atoms with E-state index in [2.05, 4.69) is 40.1 Å². The van der Waals surface area contributed by atoms with Gasteiger partial charge in [-0.2, -0.15) is 0 Å². The quantitative estimate of drug-likeness (QED) is 0.668. The van der Waals surface area contributed by atoms with Crippen molar-refractivity contribution in [3.63, 3.8) is 0 Å². The van der Waals surface area contributed by atoms with E-state index >= 15 is 0 Å². The van der Waals surface area contributed by atoms with E-state index in [9.17, 15) is 8.42 Å². The zero-order valence-electron chi connectivity index (χ0n) is 16.4. The molecule has 27 heavy (non-hydrogen) atoms. The molecule has 1 aromatic rings. The topological polar surface area (TPSA) is 53.1 Å². The lowest BCUT2D eigenvalue weighted by atomic mass is 9.97. The molecule has 0 aromatic heterocycles. The second kappa shape index (κ2) is 9.98. The van der Waals surface area contributed by atoms with Crippen LogP contribution in [0.25, 0.3) is 0 Å². The highest BCUT2D eigenvalue weighted by atomic mass is 32.2. The highest BCUT2D eigenvalue weighted by Crippen LogP contribution is 2.21. The number of nitrogens with zero attached hydrogens (tertiary/aromatic N) is 3. The van der Waals surface area contributed by atoms with E-state index in [-0.39, 0.29) is 12.4 Å². The lowest BCUT2D eigenvalue weighted by Gasteiger charge is -2.38. The van der Waals surface area contributed by atoms with Gasteiger partial charge in [0, 0.05) is 59.5 Å². The van der Waals surface area contributed by atoms with Crippen LogP contribution in [0.3, 0.4) is 0 Å². The minimum absolute atomic E-state index is 0.0948. The van der Waals surface area contributed by atoms with Crippen LogP contribution in [0.5, 0.6) is 0 Å². The van der Waals surface area contributed by atoms with E-state index in [1.807, 2.05) is 0 Å². The SMILES string of the molecule is COCCS(=O)(=O)N1CCC(CN2CCN(Cc3ccccc3)CC2)CC1. The van der Waals surface area contributed by atoms with Crippen LogP contribution in [0.4, 0.5) is 0 Å². The number of piperidine rings is 1. The van der Waals surface area contributed by atoms with Crippen LogP contribution in [0, 0.1) is 5.92 Å². The van der Waals surface area contributed by atoms with E-state index in [1.54, 1.807) is 11.4 Å².